The molecule has 136 valence electrons. The molecule has 1 unspecified atom stereocenters. The number of likely N-dealkylation sites (N-methyl/N-ethyl adjacent to an activating group) is 1. The lowest BCUT2D eigenvalue weighted by Crippen LogP contribution is -2.36. The maximum Gasteiger partial charge on any atom is 0.244 e. The Hall–Kier alpha value is -3.42. The van der Waals surface area contributed by atoms with Crippen molar-refractivity contribution in [3.8, 4) is 5.75 Å². The van der Waals surface area contributed by atoms with Crippen LogP contribution in [-0.2, 0) is 4.79 Å². The van der Waals surface area contributed by atoms with E-state index in [-0.39, 0.29) is 17.7 Å². The summed E-state index contributed by atoms with van der Waals surface area (Å²) in [6, 6.07) is 6.63. The Morgan fingerprint density at radius 1 is 1.31 bits per heavy atom. The van der Waals surface area contributed by atoms with Crippen LogP contribution in [0.1, 0.15) is 24.2 Å². The van der Waals surface area contributed by atoms with Crippen LogP contribution >= 0.6 is 0 Å². The summed E-state index contributed by atoms with van der Waals surface area (Å²) in [6.45, 7) is 1.81. The predicted octanol–water partition coefficient (Wildman–Crippen LogP) is 1.01. The van der Waals surface area contributed by atoms with Crippen LogP contribution in [0, 0.1) is 0 Å². The number of phenols is 1. The number of aromatic hydroxyl groups is 1. The lowest BCUT2D eigenvalue weighted by atomic mass is 10.1. The Morgan fingerprint density at radius 3 is 2.73 bits per heavy atom. The van der Waals surface area contributed by atoms with Crippen LogP contribution in [-0.4, -0.2) is 39.6 Å². The Labute approximate surface area is 151 Å². The van der Waals surface area contributed by atoms with Gasteiger partial charge in [0.1, 0.15) is 17.6 Å². The summed E-state index contributed by atoms with van der Waals surface area (Å²) in [5.74, 6) is 0.536. The van der Waals surface area contributed by atoms with Crippen LogP contribution in [0.5, 0.6) is 5.75 Å². The maximum atomic E-state index is 12.1. The molecule has 1 aromatic carbocycles. The molecule has 1 aromatic heterocycles. The molecule has 2 aromatic rings. The van der Waals surface area contributed by atoms with Gasteiger partial charge in [0.2, 0.25) is 5.91 Å². The van der Waals surface area contributed by atoms with Gasteiger partial charge in [0.15, 0.2) is 0 Å². The number of nitrogens with two attached hydrogens (primary N) is 1. The summed E-state index contributed by atoms with van der Waals surface area (Å²) in [4.78, 5) is 18.1. The summed E-state index contributed by atoms with van der Waals surface area (Å²) in [5, 5.41) is 10.1. The molecule has 8 heteroatoms. The molecule has 1 aliphatic heterocycles. The summed E-state index contributed by atoms with van der Waals surface area (Å²) in [5.41, 5.74) is 14.5. The topological polar surface area (TPSA) is 108 Å². The summed E-state index contributed by atoms with van der Waals surface area (Å²) < 4.78 is 1.74. The quantitative estimate of drug-likeness (QED) is 0.653. The number of carbonyl (C=O) groups is 1. The number of para-hydroxylation sites is 1. The molecule has 1 atom stereocenters. The minimum Gasteiger partial charge on any atom is -0.507 e. The molecule has 5 N–H and O–H groups in total. The van der Waals surface area contributed by atoms with E-state index in [4.69, 9.17) is 5.73 Å². The second-order valence-electron chi connectivity index (χ2n) is 6.27. The fourth-order valence-electron chi connectivity index (χ4n) is 2.71. The molecule has 0 saturated heterocycles. The fourth-order valence-corrected chi connectivity index (χ4v) is 2.71. The lowest BCUT2D eigenvalue weighted by Gasteiger charge is -2.21. The van der Waals surface area contributed by atoms with Gasteiger partial charge in [0.05, 0.1) is 17.7 Å². The van der Waals surface area contributed by atoms with Gasteiger partial charge in [-0.15, -0.1) is 0 Å². The van der Waals surface area contributed by atoms with Gasteiger partial charge in [-0.25, -0.2) is 4.98 Å². The SMILES string of the molecule is CC(C(=O)N(C)C)n1cnc(C2=C(N)NNC(c3ccccc3O)=C2)c1. The van der Waals surface area contributed by atoms with Crippen LogP contribution in [0.25, 0.3) is 11.3 Å². The van der Waals surface area contributed by atoms with Crippen molar-refractivity contribution in [1.82, 2.24) is 25.3 Å². The molecular formula is C18H22N6O2. The third-order valence-corrected chi connectivity index (χ3v) is 4.23. The Bertz CT molecular complexity index is 897. The highest BCUT2D eigenvalue weighted by atomic mass is 16.3. The number of imidazole rings is 1. The number of hydrazine groups is 1. The number of nitrogens with one attached hydrogen (secondary N) is 2. The van der Waals surface area contributed by atoms with Crippen LogP contribution in [0.2, 0.25) is 0 Å². The van der Waals surface area contributed by atoms with Gasteiger partial charge in [-0.3, -0.25) is 15.6 Å². The van der Waals surface area contributed by atoms with Gasteiger partial charge < -0.3 is 20.3 Å². The number of hydrogen-bond donors (Lipinski definition) is 4. The minimum absolute atomic E-state index is 0.0234. The van der Waals surface area contributed by atoms with E-state index < -0.39 is 0 Å². The molecule has 2 heterocycles. The van der Waals surface area contributed by atoms with Crippen molar-refractivity contribution in [3.05, 3.63) is 59.9 Å². The van der Waals surface area contributed by atoms with Crippen molar-refractivity contribution in [2.45, 2.75) is 13.0 Å². The Morgan fingerprint density at radius 2 is 2.04 bits per heavy atom. The standard InChI is InChI=1S/C18H22N6O2/c1-11(18(26)23(2)3)24-9-15(20-10-24)13-8-14(21-22-17(13)19)12-6-4-5-7-16(12)25/h4-11,21-22,25H,19H2,1-3H3. The first kappa shape index (κ1) is 17.4. The maximum absolute atomic E-state index is 12.1. The zero-order valence-electron chi connectivity index (χ0n) is 14.9. The van der Waals surface area contributed by atoms with Crippen molar-refractivity contribution in [1.29, 1.82) is 0 Å². The number of allylic oxidation sites excluding steroid dienone is 2. The van der Waals surface area contributed by atoms with E-state index in [2.05, 4.69) is 15.8 Å². The number of nitrogens with zero attached hydrogens (tertiary/aromatic N) is 3. The van der Waals surface area contributed by atoms with Crippen molar-refractivity contribution in [2.75, 3.05) is 14.1 Å². The normalized spacial score (nSPS) is 15.0. The van der Waals surface area contributed by atoms with Gasteiger partial charge in [0, 0.05) is 31.4 Å². The van der Waals surface area contributed by atoms with E-state index in [1.807, 2.05) is 19.1 Å². The third-order valence-electron chi connectivity index (χ3n) is 4.23. The van der Waals surface area contributed by atoms with Crippen LogP contribution in [0.15, 0.2) is 48.7 Å². The van der Waals surface area contributed by atoms with E-state index in [9.17, 15) is 9.90 Å². The average molecular weight is 354 g/mol. The second-order valence-corrected chi connectivity index (χ2v) is 6.27. The third kappa shape index (κ3) is 3.21. The van der Waals surface area contributed by atoms with Gasteiger partial charge >= 0.3 is 0 Å². The van der Waals surface area contributed by atoms with Gasteiger partial charge in [-0.2, -0.15) is 0 Å². The van der Waals surface area contributed by atoms with Crippen molar-refractivity contribution < 1.29 is 9.90 Å². The number of amides is 1. The number of hydrogen-bond acceptors (Lipinski definition) is 6. The zero-order chi connectivity index (χ0) is 18.8. The summed E-state index contributed by atoms with van der Waals surface area (Å²) in [7, 11) is 3.44. The molecule has 0 radical (unpaired) electrons. The highest BCUT2D eigenvalue weighted by Crippen LogP contribution is 2.28. The summed E-state index contributed by atoms with van der Waals surface area (Å²) in [6.07, 6.45) is 5.20. The first-order valence-corrected chi connectivity index (χ1v) is 8.15. The molecule has 0 saturated carbocycles. The molecule has 0 aliphatic carbocycles. The van der Waals surface area contributed by atoms with E-state index in [1.54, 1.807) is 54.3 Å². The average Bonchev–Trinajstić information content (AvgIpc) is 3.11. The second kappa shape index (κ2) is 6.83. The highest BCUT2D eigenvalue weighted by molar-refractivity contribution is 5.86. The minimum atomic E-state index is -0.371. The molecule has 0 fully saturated rings. The van der Waals surface area contributed by atoms with Crippen LogP contribution in [0.3, 0.4) is 0 Å². The number of rotatable bonds is 4. The van der Waals surface area contributed by atoms with E-state index in [1.165, 1.54) is 0 Å². The molecule has 1 aliphatic rings. The first-order chi connectivity index (χ1) is 12.4. The first-order valence-electron chi connectivity index (χ1n) is 8.15. The van der Waals surface area contributed by atoms with Crippen molar-refractivity contribution in [3.63, 3.8) is 0 Å². The van der Waals surface area contributed by atoms with E-state index >= 15 is 0 Å². The molecule has 3 rings (SSSR count). The molecule has 0 bridgehead atoms. The van der Waals surface area contributed by atoms with Gasteiger partial charge in [-0.05, 0) is 25.1 Å². The number of carbonyl (C=O) groups excluding carboxylic acids is 1. The van der Waals surface area contributed by atoms with Crippen LogP contribution in [0.4, 0.5) is 0 Å². The molecule has 8 nitrogen and oxygen atoms in total. The van der Waals surface area contributed by atoms with Crippen LogP contribution < -0.4 is 16.6 Å². The fraction of sp³-hybridized carbons (Fsp3) is 0.222. The molecule has 26 heavy (non-hydrogen) atoms. The Kier molecular flexibility index (Phi) is 4.57. The van der Waals surface area contributed by atoms with Crippen molar-refractivity contribution in [2.24, 2.45) is 5.73 Å². The van der Waals surface area contributed by atoms with Gasteiger partial charge in [-0.1, -0.05) is 12.1 Å². The number of benzene rings is 1. The highest BCUT2D eigenvalue weighted by Gasteiger charge is 2.20. The lowest BCUT2D eigenvalue weighted by molar-refractivity contribution is -0.131. The number of aromatic nitrogens is 2. The van der Waals surface area contributed by atoms with Crippen molar-refractivity contribution >= 4 is 17.2 Å². The predicted molar refractivity (Wildman–Crippen MR) is 99.1 cm³/mol. The Balaban J connectivity index is 1.94. The van der Waals surface area contributed by atoms with E-state index in [0.29, 0.717) is 28.3 Å². The molecular weight excluding hydrogens is 332 g/mol. The molecule has 0 spiro atoms. The largest absolute Gasteiger partial charge is 0.507 e. The summed E-state index contributed by atoms with van der Waals surface area (Å²) >= 11 is 0. The smallest absolute Gasteiger partial charge is 0.244 e. The zero-order valence-corrected chi connectivity index (χ0v) is 14.9. The van der Waals surface area contributed by atoms with Gasteiger partial charge in [0.25, 0.3) is 0 Å². The number of phenolic OH excluding ortho intramolecular Hbond substituents is 1. The molecule has 1 amide bonds. The monoisotopic (exact) mass is 354 g/mol. The van der Waals surface area contributed by atoms with E-state index in [0.717, 1.165) is 0 Å².